The van der Waals surface area contributed by atoms with Crippen LogP contribution >= 0.6 is 90.4 Å². The molecule has 0 N–H and O–H groups in total. The third kappa shape index (κ3) is 6.92. The van der Waals surface area contributed by atoms with E-state index in [1.807, 2.05) is 0 Å². The molecule has 0 aliphatic heterocycles. The van der Waals surface area contributed by atoms with Gasteiger partial charge in [0, 0.05) is 14.3 Å². The lowest BCUT2D eigenvalue weighted by molar-refractivity contribution is 1.16. The lowest BCUT2D eigenvalue weighted by Gasteiger charge is -2.12. The van der Waals surface area contributed by atoms with Crippen LogP contribution in [0.15, 0.2) is 121 Å². The summed E-state index contributed by atoms with van der Waals surface area (Å²) in [5, 5.41) is 0. The Bertz CT molecular complexity index is 1790. The Kier molecular flexibility index (Phi) is 9.95. The molecular formula is C39H28I4. The highest BCUT2D eigenvalue weighted by Crippen LogP contribution is 2.33. The molecule has 0 unspecified atom stereocenters. The van der Waals surface area contributed by atoms with Gasteiger partial charge in [-0.1, -0.05) is 103 Å². The normalized spacial score (nSPS) is 11.1. The molecule has 43 heavy (non-hydrogen) atoms. The highest BCUT2D eigenvalue weighted by Gasteiger charge is 2.11. The van der Waals surface area contributed by atoms with Crippen molar-refractivity contribution in [3.05, 3.63) is 158 Å². The Morgan fingerprint density at radius 1 is 0.419 bits per heavy atom. The van der Waals surface area contributed by atoms with Crippen molar-refractivity contribution < 1.29 is 0 Å². The lowest BCUT2D eigenvalue weighted by atomic mass is 9.94. The second kappa shape index (κ2) is 13.7. The molecule has 0 nitrogen and oxygen atoms in total. The van der Waals surface area contributed by atoms with Crippen molar-refractivity contribution in [2.24, 2.45) is 0 Å². The van der Waals surface area contributed by atoms with E-state index in [4.69, 9.17) is 0 Å². The first-order valence-electron chi connectivity index (χ1n) is 14.1. The van der Waals surface area contributed by atoms with Gasteiger partial charge in [-0.05, 0) is 196 Å². The molecule has 0 fully saturated rings. The number of benzene rings is 6. The molecular weight excluding hydrogens is 976 g/mol. The van der Waals surface area contributed by atoms with Crippen molar-refractivity contribution in [3.8, 4) is 44.5 Å². The van der Waals surface area contributed by atoms with Crippen molar-refractivity contribution in [1.82, 2.24) is 0 Å². The van der Waals surface area contributed by atoms with Crippen molar-refractivity contribution >= 4 is 90.4 Å². The summed E-state index contributed by atoms with van der Waals surface area (Å²) in [6.07, 6.45) is 0.923. The smallest absolute Gasteiger partial charge is 0.0342 e. The summed E-state index contributed by atoms with van der Waals surface area (Å²) in [7, 11) is 0. The van der Waals surface area contributed by atoms with E-state index in [2.05, 4.69) is 226 Å². The van der Waals surface area contributed by atoms with E-state index in [9.17, 15) is 0 Å². The van der Waals surface area contributed by atoms with Crippen LogP contribution in [0.1, 0.15) is 22.3 Å². The molecule has 0 spiro atoms. The van der Waals surface area contributed by atoms with E-state index in [1.165, 1.54) is 81.0 Å². The van der Waals surface area contributed by atoms with E-state index in [1.54, 1.807) is 0 Å². The minimum absolute atomic E-state index is 0.923. The fourth-order valence-corrected chi connectivity index (χ4v) is 8.00. The zero-order valence-electron chi connectivity index (χ0n) is 23.8. The molecule has 0 saturated carbocycles. The fourth-order valence-electron chi connectivity index (χ4n) is 5.42. The summed E-state index contributed by atoms with van der Waals surface area (Å²) < 4.78 is 5.19. The van der Waals surface area contributed by atoms with Crippen molar-refractivity contribution in [2.45, 2.75) is 20.3 Å². The maximum atomic E-state index is 2.50. The topological polar surface area (TPSA) is 0 Å². The van der Waals surface area contributed by atoms with Gasteiger partial charge in [0.2, 0.25) is 0 Å². The van der Waals surface area contributed by atoms with E-state index >= 15 is 0 Å². The van der Waals surface area contributed by atoms with Gasteiger partial charge in [-0.2, -0.15) is 0 Å². The van der Waals surface area contributed by atoms with E-state index in [0.717, 1.165) is 6.42 Å². The molecule has 0 atom stereocenters. The average Bonchev–Trinajstić information content (AvgIpc) is 3.02. The Balaban J connectivity index is 1.18. The molecule has 0 bridgehead atoms. The number of aryl methyl sites for hydroxylation is 1. The predicted octanol–water partition coefficient (Wildman–Crippen LogP) is 13.0. The Hall–Kier alpha value is -1.76. The van der Waals surface area contributed by atoms with Crippen LogP contribution in [-0.4, -0.2) is 0 Å². The van der Waals surface area contributed by atoms with Crippen LogP contribution in [0.25, 0.3) is 44.5 Å². The number of halogens is 4. The predicted molar refractivity (Wildman–Crippen MR) is 218 cm³/mol. The van der Waals surface area contributed by atoms with Gasteiger partial charge in [-0.25, -0.2) is 0 Å². The third-order valence-corrected chi connectivity index (χ3v) is 13.2. The molecule has 0 radical (unpaired) electrons. The first-order chi connectivity index (χ1) is 20.8. The van der Waals surface area contributed by atoms with Crippen LogP contribution in [0.2, 0.25) is 0 Å². The molecule has 0 heterocycles. The molecule has 0 aliphatic rings. The van der Waals surface area contributed by atoms with Crippen molar-refractivity contribution in [2.75, 3.05) is 0 Å². The first kappa shape index (κ1) is 31.2. The maximum Gasteiger partial charge on any atom is 0.0342 e. The van der Waals surface area contributed by atoms with Crippen molar-refractivity contribution in [1.29, 1.82) is 0 Å². The summed E-state index contributed by atoms with van der Waals surface area (Å²) in [5.74, 6) is 0. The Morgan fingerprint density at radius 3 is 1.40 bits per heavy atom. The third-order valence-electron chi connectivity index (χ3n) is 8.10. The van der Waals surface area contributed by atoms with Gasteiger partial charge in [-0.15, -0.1) is 0 Å². The molecule has 212 valence electrons. The van der Waals surface area contributed by atoms with Crippen LogP contribution in [0.5, 0.6) is 0 Å². The monoisotopic (exact) mass is 1000 g/mol. The summed E-state index contributed by atoms with van der Waals surface area (Å²) in [6.45, 7) is 4.39. The first-order valence-corrected chi connectivity index (χ1v) is 18.4. The van der Waals surface area contributed by atoms with Gasteiger partial charge in [-0.3, -0.25) is 0 Å². The Morgan fingerprint density at radius 2 is 0.860 bits per heavy atom. The minimum atomic E-state index is 0.923. The molecule has 0 aliphatic carbocycles. The molecule has 6 aromatic carbocycles. The lowest BCUT2D eigenvalue weighted by Crippen LogP contribution is -1.96. The average molecular weight is 1000 g/mol. The molecule has 0 aromatic heterocycles. The molecule has 4 heteroatoms. The second-order valence-corrected chi connectivity index (χ2v) is 15.4. The summed E-state index contributed by atoms with van der Waals surface area (Å²) in [6, 6.07) is 44.7. The number of hydrogen-bond donors (Lipinski definition) is 0. The quantitative estimate of drug-likeness (QED) is 0.146. The zero-order valence-corrected chi connectivity index (χ0v) is 32.4. The maximum absolute atomic E-state index is 2.50. The van der Waals surface area contributed by atoms with Gasteiger partial charge in [0.1, 0.15) is 0 Å². The SMILES string of the molecule is Cc1cccc(-c2ccc(-c3ccc(Cc4ccc(-c5ccc(-c6cccc(I)c6I)cc5)cc4I)c(I)c3)cc2)c1C. The van der Waals surface area contributed by atoms with Crippen LogP contribution < -0.4 is 0 Å². The highest BCUT2D eigenvalue weighted by molar-refractivity contribution is 14.1. The molecule has 6 aromatic rings. The number of rotatable bonds is 6. The largest absolute Gasteiger partial charge is 0.0614 e. The van der Waals surface area contributed by atoms with E-state index < -0.39 is 0 Å². The standard InChI is InChI=1S/C39H28I4/c1-24-5-3-6-34(25(24)2)28-13-9-26(10-14-28)30-17-19-32(37(41)22-30)21-33-20-18-31(23-38(33)42)27-11-15-29(16-12-27)35-7-4-8-36(40)39(35)43/h3-20,22-23H,21H2,1-2H3. The van der Waals surface area contributed by atoms with Gasteiger partial charge in [0.25, 0.3) is 0 Å². The van der Waals surface area contributed by atoms with Crippen LogP contribution in [0, 0.1) is 28.1 Å². The van der Waals surface area contributed by atoms with Crippen LogP contribution in [0.4, 0.5) is 0 Å². The van der Waals surface area contributed by atoms with Gasteiger partial charge >= 0.3 is 0 Å². The molecule has 0 amide bonds. The highest BCUT2D eigenvalue weighted by atomic mass is 127. The Labute approximate surface area is 309 Å². The van der Waals surface area contributed by atoms with Gasteiger partial charge in [0.05, 0.1) is 0 Å². The number of hydrogen-bond acceptors (Lipinski definition) is 0. The molecule has 0 saturated heterocycles. The van der Waals surface area contributed by atoms with Crippen LogP contribution in [0.3, 0.4) is 0 Å². The summed E-state index contributed by atoms with van der Waals surface area (Å²) in [5.41, 5.74) is 15.5. The summed E-state index contributed by atoms with van der Waals surface area (Å²) in [4.78, 5) is 0. The van der Waals surface area contributed by atoms with E-state index in [-0.39, 0.29) is 0 Å². The fraction of sp³-hybridized carbons (Fsp3) is 0.0769. The van der Waals surface area contributed by atoms with E-state index in [0.29, 0.717) is 0 Å². The zero-order chi connectivity index (χ0) is 30.1. The van der Waals surface area contributed by atoms with Gasteiger partial charge < -0.3 is 0 Å². The summed E-state index contributed by atoms with van der Waals surface area (Å²) >= 11 is 9.86. The van der Waals surface area contributed by atoms with Gasteiger partial charge in [0.15, 0.2) is 0 Å². The van der Waals surface area contributed by atoms with Crippen molar-refractivity contribution in [3.63, 3.8) is 0 Å². The van der Waals surface area contributed by atoms with Crippen LogP contribution in [-0.2, 0) is 6.42 Å². The molecule has 6 rings (SSSR count). The minimum Gasteiger partial charge on any atom is -0.0614 e. The second-order valence-electron chi connectivity index (χ2n) is 10.8.